The van der Waals surface area contributed by atoms with Gasteiger partial charge >= 0.3 is 0 Å². The molecule has 0 aromatic carbocycles. The molecule has 1 amide bonds. The molecule has 1 spiro atoms. The quantitative estimate of drug-likeness (QED) is 0.482. The zero-order valence-electron chi connectivity index (χ0n) is 21.8. The average molecular weight is 444 g/mol. The van der Waals surface area contributed by atoms with E-state index < -0.39 is 0 Å². The van der Waals surface area contributed by atoms with Crippen LogP contribution in [0.4, 0.5) is 0 Å². The molecule has 5 aliphatic rings. The first-order valence-electron chi connectivity index (χ1n) is 14.0. The molecule has 0 radical (unpaired) electrons. The van der Waals surface area contributed by atoms with E-state index in [4.69, 9.17) is 4.74 Å². The van der Waals surface area contributed by atoms with E-state index >= 15 is 0 Å². The molecular formula is C29H49NO2. The minimum Gasteiger partial charge on any atom is -0.359 e. The summed E-state index contributed by atoms with van der Waals surface area (Å²) in [5.74, 6) is 5.36. The van der Waals surface area contributed by atoms with Gasteiger partial charge in [0.05, 0.1) is 5.41 Å². The SMILES string of the molecule is COC12CCC3(C)C4CCC5(C)C(C(C)CCCC(C)C)CCC5C4CCC3(C1)C(=O)N2. The third kappa shape index (κ3) is 3.04. The van der Waals surface area contributed by atoms with Crippen LogP contribution in [-0.2, 0) is 9.53 Å². The monoisotopic (exact) mass is 443 g/mol. The van der Waals surface area contributed by atoms with Gasteiger partial charge in [0, 0.05) is 13.5 Å². The Balaban J connectivity index is 1.36. The summed E-state index contributed by atoms with van der Waals surface area (Å²) in [6, 6.07) is 0. The number of amides is 1. The Hall–Kier alpha value is -0.570. The minimum atomic E-state index is -0.378. The molecule has 4 saturated carbocycles. The van der Waals surface area contributed by atoms with Crippen LogP contribution >= 0.6 is 0 Å². The van der Waals surface area contributed by atoms with Crippen LogP contribution in [-0.4, -0.2) is 18.7 Å². The first-order chi connectivity index (χ1) is 15.1. The maximum absolute atomic E-state index is 13.4. The van der Waals surface area contributed by atoms with E-state index in [0.29, 0.717) is 11.3 Å². The summed E-state index contributed by atoms with van der Waals surface area (Å²) in [6.07, 6.45) is 15.2. The van der Waals surface area contributed by atoms with Crippen molar-refractivity contribution in [2.75, 3.05) is 7.11 Å². The standard InChI is InChI=1S/C29H49NO2/c1-19(2)8-7-9-20(3)22-10-11-23-21-12-15-28-18-29(32-6,30-25(28)31)17-16-27(28,5)24(21)13-14-26(22,23)4/h19-24H,7-18H2,1-6H3,(H,30,31). The van der Waals surface area contributed by atoms with Crippen LogP contribution in [0.25, 0.3) is 0 Å². The van der Waals surface area contributed by atoms with Crippen molar-refractivity contribution in [3.05, 3.63) is 0 Å². The van der Waals surface area contributed by atoms with Gasteiger partial charge in [0.15, 0.2) is 0 Å². The van der Waals surface area contributed by atoms with Crippen molar-refractivity contribution in [3.8, 4) is 0 Å². The van der Waals surface area contributed by atoms with E-state index in [9.17, 15) is 4.79 Å². The lowest BCUT2D eigenvalue weighted by atomic mass is 9.40. The molecule has 182 valence electrons. The predicted octanol–water partition coefficient (Wildman–Crippen LogP) is 6.95. The van der Waals surface area contributed by atoms with E-state index in [1.165, 1.54) is 51.4 Å². The summed E-state index contributed by atoms with van der Waals surface area (Å²) in [5.41, 5.74) is 0.123. The van der Waals surface area contributed by atoms with E-state index in [1.807, 2.05) is 0 Å². The van der Waals surface area contributed by atoms with Crippen molar-refractivity contribution >= 4 is 5.91 Å². The molecule has 2 bridgehead atoms. The lowest BCUT2D eigenvalue weighted by Crippen LogP contribution is -2.60. The second-order valence-corrected chi connectivity index (χ2v) is 13.8. The van der Waals surface area contributed by atoms with Crippen molar-refractivity contribution in [2.24, 2.45) is 51.8 Å². The van der Waals surface area contributed by atoms with Crippen LogP contribution in [0.5, 0.6) is 0 Å². The van der Waals surface area contributed by atoms with Gasteiger partial charge in [0.25, 0.3) is 0 Å². The molecule has 1 N–H and O–H groups in total. The van der Waals surface area contributed by atoms with E-state index in [0.717, 1.165) is 61.2 Å². The lowest BCUT2D eigenvalue weighted by Gasteiger charge is -2.63. The summed E-state index contributed by atoms with van der Waals surface area (Å²) in [4.78, 5) is 13.4. The zero-order chi connectivity index (χ0) is 22.9. The Kier molecular flexibility index (Phi) is 5.59. The Morgan fingerprint density at radius 1 is 0.969 bits per heavy atom. The van der Waals surface area contributed by atoms with Crippen LogP contribution in [0.15, 0.2) is 0 Å². The molecule has 1 aliphatic heterocycles. The highest BCUT2D eigenvalue weighted by Gasteiger charge is 2.72. The van der Waals surface area contributed by atoms with E-state index in [-0.39, 0.29) is 16.6 Å². The summed E-state index contributed by atoms with van der Waals surface area (Å²) < 4.78 is 5.91. The Labute approximate surface area is 197 Å². The fourth-order valence-corrected chi connectivity index (χ4v) is 10.4. The smallest absolute Gasteiger partial charge is 0.229 e. The van der Waals surface area contributed by atoms with Gasteiger partial charge in [-0.05, 0) is 97.7 Å². The number of methoxy groups -OCH3 is 1. The number of carbonyl (C=O) groups is 1. The molecule has 1 heterocycles. The molecule has 3 nitrogen and oxygen atoms in total. The van der Waals surface area contributed by atoms with Crippen molar-refractivity contribution in [2.45, 2.75) is 117 Å². The molecule has 1 saturated heterocycles. The van der Waals surface area contributed by atoms with Gasteiger partial charge in [0.2, 0.25) is 5.91 Å². The summed E-state index contributed by atoms with van der Waals surface area (Å²) in [7, 11) is 1.79. The molecule has 3 heteroatoms. The number of rotatable bonds is 6. The van der Waals surface area contributed by atoms with Crippen molar-refractivity contribution in [1.82, 2.24) is 5.32 Å². The van der Waals surface area contributed by atoms with Gasteiger partial charge in [-0.2, -0.15) is 0 Å². The van der Waals surface area contributed by atoms with E-state index in [1.54, 1.807) is 7.11 Å². The normalized spacial score (nSPS) is 50.5. The fraction of sp³-hybridized carbons (Fsp3) is 0.966. The molecule has 9 unspecified atom stereocenters. The average Bonchev–Trinajstić information content (AvgIpc) is 3.22. The molecule has 4 aliphatic carbocycles. The topological polar surface area (TPSA) is 38.3 Å². The lowest BCUT2D eigenvalue weighted by molar-refractivity contribution is -0.182. The number of fused-ring (bicyclic) bond motifs is 5. The summed E-state index contributed by atoms with van der Waals surface area (Å²) >= 11 is 0. The molecule has 0 aromatic heterocycles. The Morgan fingerprint density at radius 3 is 2.47 bits per heavy atom. The van der Waals surface area contributed by atoms with Gasteiger partial charge in [-0.3, -0.25) is 4.79 Å². The maximum Gasteiger partial charge on any atom is 0.229 e. The second kappa shape index (κ2) is 7.72. The number of nitrogens with one attached hydrogen (secondary N) is 1. The van der Waals surface area contributed by atoms with Crippen molar-refractivity contribution < 1.29 is 9.53 Å². The number of ether oxygens (including phenoxy) is 1. The Morgan fingerprint density at radius 2 is 1.75 bits per heavy atom. The van der Waals surface area contributed by atoms with Gasteiger partial charge in [-0.15, -0.1) is 0 Å². The molecule has 5 fully saturated rings. The highest BCUT2D eigenvalue weighted by molar-refractivity contribution is 5.87. The first kappa shape index (κ1) is 23.2. The summed E-state index contributed by atoms with van der Waals surface area (Å²) in [5, 5.41) is 3.33. The zero-order valence-corrected chi connectivity index (χ0v) is 21.8. The van der Waals surface area contributed by atoms with Crippen molar-refractivity contribution in [3.63, 3.8) is 0 Å². The third-order valence-corrected chi connectivity index (χ3v) is 12.3. The maximum atomic E-state index is 13.4. The second-order valence-electron chi connectivity index (χ2n) is 13.8. The van der Waals surface area contributed by atoms with Crippen LogP contribution in [0.3, 0.4) is 0 Å². The van der Waals surface area contributed by atoms with Gasteiger partial charge in [0.1, 0.15) is 5.72 Å². The molecule has 32 heavy (non-hydrogen) atoms. The highest BCUT2D eigenvalue weighted by atomic mass is 16.5. The fourth-order valence-electron chi connectivity index (χ4n) is 10.4. The van der Waals surface area contributed by atoms with Gasteiger partial charge < -0.3 is 10.1 Å². The third-order valence-electron chi connectivity index (χ3n) is 12.3. The van der Waals surface area contributed by atoms with E-state index in [2.05, 4.69) is 39.9 Å². The highest BCUT2D eigenvalue weighted by Crippen LogP contribution is 2.73. The van der Waals surface area contributed by atoms with Gasteiger partial charge in [-0.1, -0.05) is 53.9 Å². The largest absolute Gasteiger partial charge is 0.359 e. The molecule has 0 aromatic rings. The first-order valence-corrected chi connectivity index (χ1v) is 14.0. The van der Waals surface area contributed by atoms with Crippen LogP contribution < -0.4 is 5.32 Å². The van der Waals surface area contributed by atoms with Crippen LogP contribution in [0.1, 0.15) is 112 Å². The predicted molar refractivity (Wildman–Crippen MR) is 130 cm³/mol. The van der Waals surface area contributed by atoms with Crippen LogP contribution in [0.2, 0.25) is 0 Å². The number of hydrogen-bond donors (Lipinski definition) is 1. The van der Waals surface area contributed by atoms with Crippen LogP contribution in [0, 0.1) is 51.8 Å². The summed E-state index contributed by atoms with van der Waals surface area (Å²) in [6.45, 7) is 12.5. The molecule has 9 atom stereocenters. The minimum absolute atomic E-state index is 0.154. The van der Waals surface area contributed by atoms with Crippen molar-refractivity contribution in [1.29, 1.82) is 0 Å². The number of carbonyl (C=O) groups excluding carboxylic acids is 1. The Bertz CT molecular complexity index is 749. The number of hydrogen-bond acceptors (Lipinski definition) is 2. The molecular weight excluding hydrogens is 394 g/mol. The molecule has 5 rings (SSSR count). The van der Waals surface area contributed by atoms with Gasteiger partial charge in [-0.25, -0.2) is 0 Å².